The first-order chi connectivity index (χ1) is 32.9. The predicted molar refractivity (Wildman–Crippen MR) is 256 cm³/mol. The van der Waals surface area contributed by atoms with E-state index in [1.54, 1.807) is 30.5 Å². The summed E-state index contributed by atoms with van der Waals surface area (Å²) >= 11 is 6.25. The number of nitro benzene ring substituents is 1. The highest BCUT2D eigenvalue weighted by molar-refractivity contribution is 7.90. The first kappa shape index (κ1) is 48.1. The number of fused-ring (bicyclic) bond motifs is 2. The lowest BCUT2D eigenvalue weighted by Crippen LogP contribution is -2.47. The van der Waals surface area contributed by atoms with Crippen LogP contribution < -0.4 is 24.6 Å². The lowest BCUT2D eigenvalue weighted by molar-refractivity contribution is -0.384. The summed E-state index contributed by atoms with van der Waals surface area (Å²) in [5.41, 5.74) is 4.53. The number of aromatic amines is 1. The Morgan fingerprint density at radius 1 is 1.00 bits per heavy atom. The molecule has 0 radical (unpaired) electrons. The van der Waals surface area contributed by atoms with Crippen LogP contribution in [0, 0.1) is 15.5 Å². The Bertz CT molecular complexity index is 2880. The number of ether oxygens (including phenoxy) is 3. The molecule has 0 unspecified atom stereocenters. The number of hydrogen-bond acceptors (Lipinski definition) is 13. The second kappa shape index (κ2) is 19.5. The summed E-state index contributed by atoms with van der Waals surface area (Å²) in [7, 11) is -4.77. The number of amides is 1. The van der Waals surface area contributed by atoms with Gasteiger partial charge in [0.15, 0.2) is 6.10 Å². The van der Waals surface area contributed by atoms with Gasteiger partial charge in [-0.3, -0.25) is 19.8 Å². The predicted octanol–water partition coefficient (Wildman–Crippen LogP) is 8.71. The van der Waals surface area contributed by atoms with Gasteiger partial charge in [0.2, 0.25) is 5.88 Å². The molecule has 1 aliphatic carbocycles. The SMILES string of the molecule is CC1(C)CCC(CN2CCN(c3ccc(C(=O)NS(=O)(=O)c4ccc(NC[C@H]5COCCO5)c([N+](=O)[O-])c4)c(N4CC[C@@H](C(F)(F)F)Oc5nc6[nH]ccc6cc54)c3)CC2)=C(c2ccc(Cl)cc2)C1. The molecule has 2 fully saturated rings. The molecule has 16 nitrogen and oxygen atoms in total. The van der Waals surface area contributed by atoms with Gasteiger partial charge in [0.25, 0.3) is 21.6 Å². The van der Waals surface area contributed by atoms with Crippen LogP contribution in [-0.4, -0.2) is 118 Å². The second-order valence-corrected chi connectivity index (χ2v) is 20.6. The Labute approximate surface area is 401 Å². The molecule has 5 heterocycles. The van der Waals surface area contributed by atoms with Crippen molar-refractivity contribution in [3.63, 3.8) is 0 Å². The van der Waals surface area contributed by atoms with E-state index in [0.29, 0.717) is 55.5 Å². The molecule has 0 saturated carbocycles. The molecule has 2 atom stereocenters. The fourth-order valence-electron chi connectivity index (χ4n) is 9.40. The van der Waals surface area contributed by atoms with E-state index < -0.39 is 50.1 Å². The molecule has 0 bridgehead atoms. The van der Waals surface area contributed by atoms with Gasteiger partial charge in [-0.15, -0.1) is 0 Å². The highest BCUT2D eigenvalue weighted by Gasteiger charge is 2.45. The normalized spacial score (nSPS) is 20.3. The van der Waals surface area contributed by atoms with Crippen LogP contribution in [0.25, 0.3) is 16.6 Å². The summed E-state index contributed by atoms with van der Waals surface area (Å²) in [6, 6.07) is 19.3. The van der Waals surface area contributed by atoms with E-state index in [9.17, 15) is 36.5 Å². The average Bonchev–Trinajstić information content (AvgIpc) is 3.69. The van der Waals surface area contributed by atoms with Crippen LogP contribution in [-0.2, 0) is 19.5 Å². The van der Waals surface area contributed by atoms with Crippen molar-refractivity contribution in [1.82, 2.24) is 19.6 Å². The number of nitrogens with zero attached hydrogens (tertiary/aromatic N) is 5. The monoisotopic (exact) mass is 992 g/mol. The molecule has 1 amide bonds. The second-order valence-electron chi connectivity index (χ2n) is 18.5. The summed E-state index contributed by atoms with van der Waals surface area (Å²) in [5.74, 6) is -1.44. The Hall–Kier alpha value is -5.93. The maximum atomic E-state index is 14.4. The van der Waals surface area contributed by atoms with Crippen LogP contribution in [0.5, 0.6) is 5.88 Å². The molecule has 3 aromatic carbocycles. The number of aromatic nitrogens is 2. The third-order valence-electron chi connectivity index (χ3n) is 13.2. The lowest BCUT2D eigenvalue weighted by Gasteiger charge is -2.39. The number of benzene rings is 3. The molecule has 5 aromatic rings. The number of anilines is 4. The Kier molecular flexibility index (Phi) is 13.6. The zero-order valence-corrected chi connectivity index (χ0v) is 39.6. The van der Waals surface area contributed by atoms with Gasteiger partial charge in [-0.2, -0.15) is 18.2 Å². The van der Waals surface area contributed by atoms with Crippen LogP contribution in [0.1, 0.15) is 55.5 Å². The quantitative estimate of drug-likeness (QED) is 0.0798. The number of H-pyrrole nitrogens is 1. The molecule has 366 valence electrons. The molecule has 69 heavy (non-hydrogen) atoms. The van der Waals surface area contributed by atoms with Crippen molar-refractivity contribution >= 4 is 72.6 Å². The van der Waals surface area contributed by atoms with Crippen molar-refractivity contribution in [3.8, 4) is 5.88 Å². The van der Waals surface area contributed by atoms with Crippen molar-refractivity contribution in [2.24, 2.45) is 5.41 Å². The van der Waals surface area contributed by atoms with Crippen LogP contribution in [0.2, 0.25) is 5.02 Å². The molecular weight excluding hydrogens is 941 g/mol. The number of pyridine rings is 1. The van der Waals surface area contributed by atoms with E-state index >= 15 is 0 Å². The Morgan fingerprint density at radius 3 is 2.51 bits per heavy atom. The van der Waals surface area contributed by atoms with Crippen molar-refractivity contribution < 1.29 is 45.5 Å². The minimum atomic E-state index is -4.77. The van der Waals surface area contributed by atoms with Gasteiger partial charge < -0.3 is 34.3 Å². The highest BCUT2D eigenvalue weighted by Crippen LogP contribution is 2.45. The Balaban J connectivity index is 1.02. The first-order valence-corrected chi connectivity index (χ1v) is 24.6. The van der Waals surface area contributed by atoms with Gasteiger partial charge in [-0.05, 0) is 90.4 Å². The Morgan fingerprint density at radius 2 is 1.78 bits per heavy atom. The largest absolute Gasteiger partial charge is 0.463 e. The van der Waals surface area contributed by atoms with Gasteiger partial charge in [-0.1, -0.05) is 43.2 Å². The van der Waals surface area contributed by atoms with Crippen LogP contribution >= 0.6 is 11.6 Å². The molecule has 9 rings (SSSR count). The molecule has 4 aliphatic rings. The number of sulfonamides is 1. The lowest BCUT2D eigenvalue weighted by atomic mass is 9.72. The van der Waals surface area contributed by atoms with Crippen LogP contribution in [0.3, 0.4) is 0 Å². The average molecular weight is 994 g/mol. The van der Waals surface area contributed by atoms with Gasteiger partial charge in [0, 0.05) is 80.6 Å². The third kappa shape index (κ3) is 10.8. The number of rotatable bonds is 12. The number of carbonyl (C=O) groups is 1. The number of halogens is 4. The summed E-state index contributed by atoms with van der Waals surface area (Å²) in [6.45, 7) is 8.86. The van der Waals surface area contributed by atoms with E-state index in [4.69, 9.17) is 25.8 Å². The van der Waals surface area contributed by atoms with Crippen molar-refractivity contribution in [2.45, 2.75) is 62.8 Å². The van der Waals surface area contributed by atoms with Crippen LogP contribution in [0.15, 0.2) is 89.5 Å². The topological polar surface area (TPSA) is 185 Å². The van der Waals surface area contributed by atoms with Crippen molar-refractivity contribution in [3.05, 3.63) is 111 Å². The molecule has 2 saturated heterocycles. The van der Waals surface area contributed by atoms with E-state index in [-0.39, 0.29) is 65.4 Å². The van der Waals surface area contributed by atoms with Gasteiger partial charge in [-0.25, -0.2) is 13.1 Å². The molecule has 3 N–H and O–H groups in total. The van der Waals surface area contributed by atoms with E-state index in [2.05, 4.69) is 55.8 Å². The zero-order chi connectivity index (χ0) is 48.7. The fourth-order valence-corrected chi connectivity index (χ4v) is 10.5. The standard InChI is InChI=1S/C48H52ClF3N8O8S/c1-47(2)14-11-32(38(26-47)30-3-5-33(49)6-4-30)28-57-17-19-58(20-18-57)34-7-9-37(40(24-34)59-16-13-43(48(50,51)52)68-46-42(59)23-31-12-15-53-44(31)55-46)45(61)56-69(64,65)36-8-10-39(41(25-36)60(62)63)54-27-35-29-66-21-22-67-35/h3-10,12,15,23-25,35,43,54H,11,13-14,16-22,26-29H2,1-2H3,(H,53,55)(H,56,61)/t35-,43-/m0/s1. The minimum absolute atomic E-state index is 0.0281. The summed E-state index contributed by atoms with van der Waals surface area (Å²) in [5, 5.41) is 16.3. The number of hydrogen-bond donors (Lipinski definition) is 3. The van der Waals surface area contributed by atoms with Crippen molar-refractivity contribution in [2.75, 3.05) is 80.8 Å². The molecule has 0 spiro atoms. The first-order valence-electron chi connectivity index (χ1n) is 22.8. The number of piperazine rings is 1. The summed E-state index contributed by atoms with van der Waals surface area (Å²) < 4.78 is 89.8. The van der Waals surface area contributed by atoms with E-state index in [1.807, 2.05) is 12.1 Å². The summed E-state index contributed by atoms with van der Waals surface area (Å²) in [4.78, 5) is 38.6. The van der Waals surface area contributed by atoms with Gasteiger partial charge in [0.1, 0.15) is 17.0 Å². The maximum absolute atomic E-state index is 14.4. The number of carbonyl (C=O) groups excluding carboxylic acids is 1. The number of nitro groups is 1. The molecular formula is C48H52ClF3N8O8S. The fraction of sp³-hybridized carbons (Fsp3) is 0.417. The summed E-state index contributed by atoms with van der Waals surface area (Å²) in [6.07, 6.45) is -3.36. The molecule has 21 heteroatoms. The highest BCUT2D eigenvalue weighted by atomic mass is 35.5. The molecule has 2 aromatic heterocycles. The number of allylic oxidation sites excluding steroid dienone is 1. The smallest absolute Gasteiger partial charge is 0.425 e. The zero-order valence-electron chi connectivity index (χ0n) is 38.0. The van der Waals surface area contributed by atoms with Crippen molar-refractivity contribution in [1.29, 1.82) is 0 Å². The molecule has 3 aliphatic heterocycles. The maximum Gasteiger partial charge on any atom is 0.425 e. The minimum Gasteiger partial charge on any atom is -0.463 e. The van der Waals surface area contributed by atoms with E-state index in [0.717, 1.165) is 37.9 Å². The van der Waals surface area contributed by atoms with Gasteiger partial charge >= 0.3 is 6.18 Å². The van der Waals surface area contributed by atoms with Gasteiger partial charge in [0.05, 0.1) is 47.0 Å². The van der Waals surface area contributed by atoms with Crippen LogP contribution in [0.4, 0.5) is 41.6 Å². The third-order valence-corrected chi connectivity index (χ3v) is 14.7. The number of alkyl halides is 3. The van der Waals surface area contributed by atoms with E-state index in [1.165, 1.54) is 33.7 Å². The number of nitrogens with one attached hydrogen (secondary N) is 3.